The maximum atomic E-state index is 13.8. The number of rotatable bonds is 8. The summed E-state index contributed by atoms with van der Waals surface area (Å²) in [6.45, 7) is 3.97. The molecule has 3 heterocycles. The summed E-state index contributed by atoms with van der Waals surface area (Å²) >= 11 is 0. The molecule has 2 aromatic carbocycles. The van der Waals surface area contributed by atoms with E-state index in [0.717, 1.165) is 48.9 Å². The first-order chi connectivity index (χ1) is 17.0. The zero-order chi connectivity index (χ0) is 24.4. The zero-order valence-electron chi connectivity index (χ0n) is 20.5. The van der Waals surface area contributed by atoms with Crippen LogP contribution in [0.15, 0.2) is 54.6 Å². The van der Waals surface area contributed by atoms with Gasteiger partial charge < -0.3 is 24.3 Å². The summed E-state index contributed by atoms with van der Waals surface area (Å²) < 4.78 is 13.1. The van der Waals surface area contributed by atoms with Gasteiger partial charge in [0.1, 0.15) is 17.0 Å². The minimum atomic E-state index is -1.02. The SMILES string of the molecule is COc1ccc2cc3n(c2c1)CC(C)(C(=O)NCC1CCCO1)N(CCCc1ccccc1)C3=O. The Labute approximate surface area is 206 Å². The van der Waals surface area contributed by atoms with Gasteiger partial charge in [-0.2, -0.15) is 0 Å². The molecule has 2 aliphatic heterocycles. The molecule has 2 amide bonds. The lowest BCUT2D eigenvalue weighted by Crippen LogP contribution is -2.64. The van der Waals surface area contributed by atoms with E-state index in [4.69, 9.17) is 9.47 Å². The number of nitrogens with zero attached hydrogens (tertiary/aromatic N) is 2. The van der Waals surface area contributed by atoms with E-state index in [9.17, 15) is 9.59 Å². The molecule has 0 aliphatic carbocycles. The third-order valence-electron chi connectivity index (χ3n) is 7.33. The maximum Gasteiger partial charge on any atom is 0.271 e. The Morgan fingerprint density at radius 1 is 1.20 bits per heavy atom. The Balaban J connectivity index is 1.44. The molecule has 1 fully saturated rings. The van der Waals surface area contributed by atoms with Gasteiger partial charge in [0.05, 0.1) is 25.3 Å². The molecule has 35 heavy (non-hydrogen) atoms. The molecule has 1 N–H and O–H groups in total. The molecular formula is C28H33N3O4. The first kappa shape index (κ1) is 23.4. The van der Waals surface area contributed by atoms with Gasteiger partial charge in [0.2, 0.25) is 5.91 Å². The van der Waals surface area contributed by atoms with Crippen molar-refractivity contribution in [3.8, 4) is 5.75 Å². The highest BCUT2D eigenvalue weighted by molar-refractivity contribution is 6.03. The summed E-state index contributed by atoms with van der Waals surface area (Å²) in [7, 11) is 1.63. The molecule has 0 spiro atoms. The lowest BCUT2D eigenvalue weighted by atomic mass is 9.93. The van der Waals surface area contributed by atoms with Crippen molar-refractivity contribution >= 4 is 22.7 Å². The van der Waals surface area contributed by atoms with E-state index < -0.39 is 5.54 Å². The molecule has 7 nitrogen and oxygen atoms in total. The maximum absolute atomic E-state index is 13.8. The minimum Gasteiger partial charge on any atom is -0.497 e. The third kappa shape index (κ3) is 4.52. The van der Waals surface area contributed by atoms with Gasteiger partial charge in [0.15, 0.2) is 0 Å². The van der Waals surface area contributed by atoms with E-state index in [1.54, 1.807) is 12.0 Å². The number of fused-ring (bicyclic) bond motifs is 3. The second-order valence-electron chi connectivity index (χ2n) is 9.71. The lowest BCUT2D eigenvalue weighted by Gasteiger charge is -2.44. The molecular weight excluding hydrogens is 442 g/mol. The minimum absolute atomic E-state index is 0.0422. The number of methoxy groups -OCH3 is 1. The fourth-order valence-electron chi connectivity index (χ4n) is 5.30. The average Bonchev–Trinajstić information content (AvgIpc) is 3.53. The van der Waals surface area contributed by atoms with Gasteiger partial charge in [-0.1, -0.05) is 30.3 Å². The summed E-state index contributed by atoms with van der Waals surface area (Å²) in [4.78, 5) is 29.3. The number of hydrogen-bond acceptors (Lipinski definition) is 4. The van der Waals surface area contributed by atoms with Crippen LogP contribution in [0.4, 0.5) is 0 Å². The Hall–Kier alpha value is -3.32. The molecule has 7 heteroatoms. The monoisotopic (exact) mass is 475 g/mol. The molecule has 184 valence electrons. The number of amides is 2. The molecule has 0 radical (unpaired) electrons. The second-order valence-corrected chi connectivity index (χ2v) is 9.71. The highest BCUT2D eigenvalue weighted by Gasteiger charge is 2.47. The zero-order valence-corrected chi connectivity index (χ0v) is 20.5. The standard InChI is InChI=1S/C28H33N3O4/c1-28(27(33)29-18-23-11-7-15-35-23)19-30-24-17-22(34-2)13-12-21(24)16-25(30)26(32)31(28)14-6-10-20-8-4-3-5-9-20/h3-5,8-9,12-13,16-17,23H,6-7,10-11,14-15,18-19H2,1-2H3,(H,29,33). The van der Waals surface area contributed by atoms with E-state index in [1.807, 2.05) is 54.0 Å². The van der Waals surface area contributed by atoms with Crippen LogP contribution in [0.5, 0.6) is 5.75 Å². The van der Waals surface area contributed by atoms with Crippen molar-refractivity contribution in [3.05, 3.63) is 65.9 Å². The Kier molecular flexibility index (Phi) is 6.52. The van der Waals surface area contributed by atoms with Gasteiger partial charge in [-0.25, -0.2) is 0 Å². The smallest absolute Gasteiger partial charge is 0.271 e. The Morgan fingerprint density at radius 2 is 2.03 bits per heavy atom. The molecule has 2 aliphatic rings. The number of ether oxygens (including phenoxy) is 2. The molecule has 1 saturated heterocycles. The molecule has 3 aromatic rings. The average molecular weight is 476 g/mol. The first-order valence-electron chi connectivity index (χ1n) is 12.4. The molecule has 0 saturated carbocycles. The predicted octanol–water partition coefficient (Wildman–Crippen LogP) is 3.79. The van der Waals surface area contributed by atoms with E-state index in [2.05, 4.69) is 17.4 Å². The van der Waals surface area contributed by atoms with Crippen LogP contribution in [0, 0.1) is 0 Å². The van der Waals surface area contributed by atoms with Crippen LogP contribution in [-0.2, 0) is 22.5 Å². The van der Waals surface area contributed by atoms with Gasteiger partial charge in [-0.05, 0) is 56.4 Å². The Morgan fingerprint density at radius 3 is 2.77 bits per heavy atom. The van der Waals surface area contributed by atoms with E-state index in [1.165, 1.54) is 5.56 Å². The summed E-state index contributed by atoms with van der Waals surface area (Å²) in [5.41, 5.74) is 1.71. The van der Waals surface area contributed by atoms with Crippen molar-refractivity contribution in [1.29, 1.82) is 0 Å². The van der Waals surface area contributed by atoms with Crippen molar-refractivity contribution in [1.82, 2.24) is 14.8 Å². The van der Waals surface area contributed by atoms with E-state index in [0.29, 0.717) is 25.3 Å². The largest absolute Gasteiger partial charge is 0.497 e. The number of hydrogen-bond donors (Lipinski definition) is 1. The number of benzene rings is 2. The van der Waals surface area contributed by atoms with Crippen LogP contribution in [0.2, 0.25) is 0 Å². The molecule has 5 rings (SSSR count). The number of nitrogens with one attached hydrogen (secondary N) is 1. The van der Waals surface area contributed by atoms with E-state index >= 15 is 0 Å². The normalized spacial score (nSPS) is 21.8. The molecule has 1 aromatic heterocycles. The van der Waals surface area contributed by atoms with Gasteiger partial charge in [-0.3, -0.25) is 9.59 Å². The van der Waals surface area contributed by atoms with Crippen LogP contribution in [0.3, 0.4) is 0 Å². The van der Waals surface area contributed by atoms with Gasteiger partial charge in [0, 0.05) is 31.1 Å². The quantitative estimate of drug-likeness (QED) is 0.538. The number of carbonyl (C=O) groups excluding carboxylic acids is 2. The summed E-state index contributed by atoms with van der Waals surface area (Å²) in [5, 5.41) is 4.05. The van der Waals surface area contributed by atoms with Crippen LogP contribution in [-0.4, -0.2) is 59.7 Å². The topological polar surface area (TPSA) is 72.8 Å². The van der Waals surface area contributed by atoms with Crippen molar-refractivity contribution in [3.63, 3.8) is 0 Å². The van der Waals surface area contributed by atoms with Crippen LogP contribution in [0.25, 0.3) is 10.9 Å². The third-order valence-corrected chi connectivity index (χ3v) is 7.33. The highest BCUT2D eigenvalue weighted by Crippen LogP contribution is 2.34. The summed E-state index contributed by atoms with van der Waals surface area (Å²) in [6.07, 6.45) is 3.63. The Bertz CT molecular complexity index is 1220. The molecule has 2 unspecified atom stereocenters. The van der Waals surface area contributed by atoms with Crippen molar-refractivity contribution in [2.45, 2.75) is 50.8 Å². The van der Waals surface area contributed by atoms with Gasteiger partial charge in [-0.15, -0.1) is 0 Å². The fourth-order valence-corrected chi connectivity index (χ4v) is 5.30. The second kappa shape index (κ2) is 9.74. The number of aryl methyl sites for hydroxylation is 1. The van der Waals surface area contributed by atoms with Crippen LogP contribution in [0.1, 0.15) is 42.2 Å². The fraction of sp³-hybridized carbons (Fsp3) is 0.429. The number of carbonyl (C=O) groups is 2. The predicted molar refractivity (Wildman–Crippen MR) is 135 cm³/mol. The first-order valence-corrected chi connectivity index (χ1v) is 12.4. The summed E-state index contributed by atoms with van der Waals surface area (Å²) in [5.74, 6) is 0.464. The van der Waals surface area contributed by atoms with Gasteiger partial charge in [0.25, 0.3) is 5.91 Å². The molecule has 2 atom stereocenters. The highest BCUT2D eigenvalue weighted by atomic mass is 16.5. The number of aromatic nitrogens is 1. The molecule has 0 bridgehead atoms. The van der Waals surface area contributed by atoms with Crippen LogP contribution < -0.4 is 10.1 Å². The van der Waals surface area contributed by atoms with Crippen LogP contribution >= 0.6 is 0 Å². The van der Waals surface area contributed by atoms with Crippen molar-refractivity contribution < 1.29 is 19.1 Å². The van der Waals surface area contributed by atoms with Crippen molar-refractivity contribution in [2.75, 3.05) is 26.8 Å². The van der Waals surface area contributed by atoms with Crippen molar-refractivity contribution in [2.24, 2.45) is 0 Å². The lowest BCUT2D eigenvalue weighted by molar-refractivity contribution is -0.133. The van der Waals surface area contributed by atoms with Gasteiger partial charge >= 0.3 is 0 Å². The van der Waals surface area contributed by atoms with E-state index in [-0.39, 0.29) is 17.9 Å². The summed E-state index contributed by atoms with van der Waals surface area (Å²) in [6, 6.07) is 17.9.